The van der Waals surface area contributed by atoms with Crippen LogP contribution in [0.4, 0.5) is 0 Å². The van der Waals surface area contributed by atoms with Crippen LogP contribution < -0.4 is 5.76 Å². The van der Waals surface area contributed by atoms with E-state index in [1.54, 1.807) is 18.2 Å². The van der Waals surface area contributed by atoms with Crippen LogP contribution >= 0.6 is 0 Å². The van der Waals surface area contributed by atoms with E-state index in [9.17, 15) is 9.59 Å². The number of benzene rings is 1. The zero-order valence-electron chi connectivity index (χ0n) is 10.7. The van der Waals surface area contributed by atoms with E-state index in [2.05, 4.69) is 9.88 Å². The van der Waals surface area contributed by atoms with Gasteiger partial charge in [-0.2, -0.15) is 0 Å². The third kappa shape index (κ3) is 2.26. The van der Waals surface area contributed by atoms with E-state index >= 15 is 0 Å². The number of hydrogen-bond donors (Lipinski definition) is 1. The predicted molar refractivity (Wildman–Crippen MR) is 70.2 cm³/mol. The fourth-order valence-electron chi connectivity index (χ4n) is 2.27. The van der Waals surface area contributed by atoms with Gasteiger partial charge in [0.2, 0.25) is 0 Å². The fourth-order valence-corrected chi connectivity index (χ4v) is 2.27. The standard InChI is InChI=1S/C13H15N3O3/c1-15-4-6-16(7-5-15)12(17)9-2-3-10-11(8-9)19-13(18)14-10/h2-3,8H,4-7H2,1H3,(H,14,18). The van der Waals surface area contributed by atoms with Gasteiger partial charge in [-0.3, -0.25) is 9.78 Å². The number of hydrogen-bond acceptors (Lipinski definition) is 4. The summed E-state index contributed by atoms with van der Waals surface area (Å²) in [5, 5.41) is 0. The third-order valence-electron chi connectivity index (χ3n) is 3.46. The first kappa shape index (κ1) is 12.0. The van der Waals surface area contributed by atoms with E-state index in [1.165, 1.54) is 0 Å². The highest BCUT2D eigenvalue weighted by molar-refractivity contribution is 5.97. The number of nitrogens with zero attached hydrogens (tertiary/aromatic N) is 2. The predicted octanol–water partition coefficient (Wildman–Crippen LogP) is 0.509. The molecule has 0 aliphatic carbocycles. The van der Waals surface area contributed by atoms with Crippen molar-refractivity contribution in [3.05, 3.63) is 34.3 Å². The summed E-state index contributed by atoms with van der Waals surface area (Å²) in [6.07, 6.45) is 0. The number of rotatable bonds is 1. The lowest BCUT2D eigenvalue weighted by atomic mass is 10.1. The minimum atomic E-state index is -0.501. The van der Waals surface area contributed by atoms with Gasteiger partial charge in [-0.15, -0.1) is 0 Å². The molecule has 0 saturated carbocycles. The highest BCUT2D eigenvalue weighted by Gasteiger charge is 2.20. The Balaban J connectivity index is 1.86. The monoisotopic (exact) mass is 261 g/mol. The van der Waals surface area contributed by atoms with E-state index < -0.39 is 5.76 Å². The Hall–Kier alpha value is -2.08. The van der Waals surface area contributed by atoms with Gasteiger partial charge < -0.3 is 14.2 Å². The molecular formula is C13H15N3O3. The maximum atomic E-state index is 12.3. The van der Waals surface area contributed by atoms with Crippen molar-refractivity contribution in [1.29, 1.82) is 0 Å². The summed E-state index contributed by atoms with van der Waals surface area (Å²) in [6, 6.07) is 5.03. The summed E-state index contributed by atoms with van der Waals surface area (Å²) in [4.78, 5) is 30.0. The minimum absolute atomic E-state index is 0.0150. The number of H-pyrrole nitrogens is 1. The second-order valence-corrected chi connectivity index (χ2v) is 4.82. The first-order chi connectivity index (χ1) is 9.13. The maximum absolute atomic E-state index is 12.3. The van der Waals surface area contributed by atoms with Crippen LogP contribution in [-0.4, -0.2) is 53.9 Å². The van der Waals surface area contributed by atoms with Crippen molar-refractivity contribution in [2.45, 2.75) is 0 Å². The van der Waals surface area contributed by atoms with Crippen molar-refractivity contribution in [2.24, 2.45) is 0 Å². The van der Waals surface area contributed by atoms with Crippen LogP contribution in [0.5, 0.6) is 0 Å². The van der Waals surface area contributed by atoms with Gasteiger partial charge in [0.05, 0.1) is 5.52 Å². The van der Waals surface area contributed by atoms with Gasteiger partial charge in [-0.25, -0.2) is 4.79 Å². The van der Waals surface area contributed by atoms with Crippen molar-refractivity contribution >= 4 is 17.0 Å². The molecule has 6 heteroatoms. The Morgan fingerprint density at radius 2 is 2.00 bits per heavy atom. The van der Waals surface area contributed by atoms with Crippen molar-refractivity contribution in [1.82, 2.24) is 14.8 Å². The molecular weight excluding hydrogens is 246 g/mol. The fraction of sp³-hybridized carbons (Fsp3) is 0.385. The van der Waals surface area contributed by atoms with Crippen molar-refractivity contribution in [2.75, 3.05) is 33.2 Å². The molecule has 1 aromatic heterocycles. The number of oxazole rings is 1. The first-order valence-corrected chi connectivity index (χ1v) is 6.24. The highest BCUT2D eigenvalue weighted by atomic mass is 16.4. The van der Waals surface area contributed by atoms with E-state index in [0.29, 0.717) is 16.7 Å². The summed E-state index contributed by atoms with van der Waals surface area (Å²) in [5.74, 6) is -0.516. The van der Waals surface area contributed by atoms with Gasteiger partial charge in [0, 0.05) is 31.7 Å². The molecule has 0 spiro atoms. The van der Waals surface area contributed by atoms with Crippen LogP contribution in [0.25, 0.3) is 11.1 Å². The highest BCUT2D eigenvalue weighted by Crippen LogP contribution is 2.15. The molecule has 1 aromatic carbocycles. The Kier molecular flexibility index (Phi) is 2.87. The average Bonchev–Trinajstić information content (AvgIpc) is 2.77. The van der Waals surface area contributed by atoms with Crippen LogP contribution in [0, 0.1) is 0 Å². The molecule has 1 N–H and O–H groups in total. The Morgan fingerprint density at radius 3 is 2.74 bits per heavy atom. The zero-order valence-corrected chi connectivity index (χ0v) is 10.7. The molecule has 1 saturated heterocycles. The Morgan fingerprint density at radius 1 is 1.26 bits per heavy atom. The minimum Gasteiger partial charge on any atom is -0.408 e. The second kappa shape index (κ2) is 4.55. The molecule has 2 aromatic rings. The quantitative estimate of drug-likeness (QED) is 0.812. The lowest BCUT2D eigenvalue weighted by Gasteiger charge is -2.32. The van der Waals surface area contributed by atoms with Crippen molar-refractivity contribution < 1.29 is 9.21 Å². The van der Waals surface area contributed by atoms with Gasteiger partial charge in [0.15, 0.2) is 5.58 Å². The van der Waals surface area contributed by atoms with Gasteiger partial charge in [-0.1, -0.05) is 0 Å². The average molecular weight is 261 g/mol. The third-order valence-corrected chi connectivity index (χ3v) is 3.46. The number of piperazine rings is 1. The Labute approximate surface area is 109 Å². The second-order valence-electron chi connectivity index (χ2n) is 4.82. The van der Waals surface area contributed by atoms with E-state index in [4.69, 9.17) is 4.42 Å². The number of aromatic amines is 1. The smallest absolute Gasteiger partial charge is 0.408 e. The largest absolute Gasteiger partial charge is 0.417 e. The van der Waals surface area contributed by atoms with Crippen LogP contribution in [0.15, 0.2) is 27.4 Å². The molecule has 1 fully saturated rings. The van der Waals surface area contributed by atoms with Gasteiger partial charge >= 0.3 is 5.76 Å². The van der Waals surface area contributed by atoms with Crippen LogP contribution in [-0.2, 0) is 0 Å². The lowest BCUT2D eigenvalue weighted by molar-refractivity contribution is 0.0664. The van der Waals surface area contributed by atoms with Crippen molar-refractivity contribution in [3.63, 3.8) is 0 Å². The van der Waals surface area contributed by atoms with E-state index in [1.807, 2.05) is 11.9 Å². The Bertz CT molecular complexity index is 665. The SMILES string of the molecule is CN1CCN(C(=O)c2ccc3[nH]c(=O)oc3c2)CC1. The molecule has 6 nitrogen and oxygen atoms in total. The molecule has 0 atom stereocenters. The molecule has 100 valence electrons. The maximum Gasteiger partial charge on any atom is 0.417 e. The molecule has 1 aliphatic heterocycles. The molecule has 0 bridgehead atoms. The summed E-state index contributed by atoms with van der Waals surface area (Å²) in [7, 11) is 2.04. The zero-order chi connectivity index (χ0) is 13.4. The number of amides is 1. The lowest BCUT2D eigenvalue weighted by Crippen LogP contribution is -2.47. The number of nitrogens with one attached hydrogen (secondary N) is 1. The van der Waals surface area contributed by atoms with Crippen LogP contribution in [0.2, 0.25) is 0 Å². The number of carbonyl (C=O) groups is 1. The molecule has 1 aliphatic rings. The van der Waals surface area contributed by atoms with Crippen molar-refractivity contribution in [3.8, 4) is 0 Å². The number of carbonyl (C=O) groups excluding carboxylic acids is 1. The number of aromatic nitrogens is 1. The number of likely N-dealkylation sites (N-methyl/N-ethyl adjacent to an activating group) is 1. The van der Waals surface area contributed by atoms with Gasteiger partial charge in [0.1, 0.15) is 0 Å². The first-order valence-electron chi connectivity index (χ1n) is 6.24. The number of fused-ring (bicyclic) bond motifs is 1. The normalized spacial score (nSPS) is 17.0. The summed E-state index contributed by atoms with van der Waals surface area (Å²) < 4.78 is 4.97. The van der Waals surface area contributed by atoms with Crippen LogP contribution in [0.1, 0.15) is 10.4 Å². The molecule has 0 radical (unpaired) electrons. The summed E-state index contributed by atoms with van der Waals surface area (Å²) >= 11 is 0. The van der Waals surface area contributed by atoms with E-state index in [0.717, 1.165) is 26.2 Å². The molecule has 19 heavy (non-hydrogen) atoms. The van der Waals surface area contributed by atoms with Gasteiger partial charge in [0.25, 0.3) is 5.91 Å². The summed E-state index contributed by atoms with van der Waals surface area (Å²) in [5.41, 5.74) is 1.59. The molecule has 0 unspecified atom stereocenters. The summed E-state index contributed by atoms with van der Waals surface area (Å²) in [6.45, 7) is 3.22. The topological polar surface area (TPSA) is 69.6 Å². The van der Waals surface area contributed by atoms with Gasteiger partial charge in [-0.05, 0) is 25.2 Å². The van der Waals surface area contributed by atoms with Crippen LogP contribution in [0.3, 0.4) is 0 Å². The molecule has 1 amide bonds. The molecule has 2 heterocycles. The molecule has 3 rings (SSSR count). The van der Waals surface area contributed by atoms with E-state index in [-0.39, 0.29) is 5.91 Å².